The van der Waals surface area contributed by atoms with Gasteiger partial charge in [0.15, 0.2) is 5.11 Å². The largest absolute Gasteiger partial charge is 0.465 e. The first kappa shape index (κ1) is 29.2. The van der Waals surface area contributed by atoms with Crippen molar-refractivity contribution >= 4 is 46.3 Å². The van der Waals surface area contributed by atoms with E-state index < -0.39 is 0 Å². The zero-order valence-electron chi connectivity index (χ0n) is 24.9. The minimum absolute atomic E-state index is 0.208. The number of nitrogens with one attached hydrogen (secondary N) is 1. The topological polar surface area (TPSA) is 62.6 Å². The molecule has 0 aliphatic carbocycles. The van der Waals surface area contributed by atoms with Crippen LogP contribution in [0.5, 0.6) is 0 Å². The first-order chi connectivity index (χ1) is 20.8. The van der Waals surface area contributed by atoms with Gasteiger partial charge in [0.05, 0.1) is 46.8 Å². The van der Waals surface area contributed by atoms with Gasteiger partial charge < -0.3 is 24.4 Å². The molecule has 2 aromatic heterocycles. The fourth-order valence-corrected chi connectivity index (χ4v) is 7.15. The number of methoxy groups -OCH3 is 1. The number of rotatable bonds is 6. The number of benzene rings is 2. The molecule has 1 N–H and O–H groups in total. The average Bonchev–Trinajstić information content (AvgIpc) is 3.52. The van der Waals surface area contributed by atoms with Crippen LogP contribution in [0.25, 0.3) is 5.69 Å². The standard InChI is InChI=1S/C34H36ClN5O2S/c1-21-14-17-38(18-15-21)30-13-12-24(20-27(30)35)40-32(31(37-34(40)43)28-10-7-8-16-36-28)26-19-22(2)39(23(26)3)29-11-6-5-9-25(29)33(41)42-4/h5-13,16,19-21,31-32H,14-15,17-18H2,1-4H3,(H,37,43)/t31-,32-/m1/s1. The summed E-state index contributed by atoms with van der Waals surface area (Å²) in [6.45, 7) is 8.46. The third kappa shape index (κ3) is 5.38. The maximum absolute atomic E-state index is 12.7. The molecule has 0 amide bonds. The minimum Gasteiger partial charge on any atom is -0.465 e. The van der Waals surface area contributed by atoms with Gasteiger partial charge in [-0.3, -0.25) is 4.98 Å². The summed E-state index contributed by atoms with van der Waals surface area (Å²) in [7, 11) is 1.41. The highest BCUT2D eigenvalue weighted by Gasteiger charge is 2.42. The number of halogens is 1. The molecule has 222 valence electrons. The third-order valence-electron chi connectivity index (χ3n) is 8.77. The highest BCUT2D eigenvalue weighted by molar-refractivity contribution is 7.80. The quantitative estimate of drug-likeness (QED) is 0.180. The van der Waals surface area contributed by atoms with E-state index in [-0.39, 0.29) is 18.1 Å². The summed E-state index contributed by atoms with van der Waals surface area (Å²) in [4.78, 5) is 22.0. The summed E-state index contributed by atoms with van der Waals surface area (Å²) in [5, 5.41) is 4.88. The number of carbonyl (C=O) groups is 1. The number of aromatic nitrogens is 2. The van der Waals surface area contributed by atoms with Crippen molar-refractivity contribution in [3.05, 3.63) is 106 Å². The van der Waals surface area contributed by atoms with Crippen molar-refractivity contribution in [1.29, 1.82) is 0 Å². The van der Waals surface area contributed by atoms with Crippen molar-refractivity contribution in [3.63, 3.8) is 0 Å². The van der Waals surface area contributed by atoms with E-state index in [1.807, 2.05) is 42.5 Å². The van der Waals surface area contributed by atoms with Gasteiger partial charge >= 0.3 is 5.97 Å². The number of ether oxygens (including phenoxy) is 1. The zero-order chi connectivity index (χ0) is 30.2. The Labute approximate surface area is 263 Å². The fourth-order valence-electron chi connectivity index (χ4n) is 6.51. The van der Waals surface area contributed by atoms with Crippen molar-refractivity contribution in [1.82, 2.24) is 14.9 Å². The molecule has 0 unspecified atom stereocenters. The maximum atomic E-state index is 12.7. The van der Waals surface area contributed by atoms with Gasteiger partial charge in [0.25, 0.3) is 0 Å². The van der Waals surface area contributed by atoms with Gasteiger partial charge in [-0.1, -0.05) is 36.7 Å². The first-order valence-corrected chi connectivity index (χ1v) is 15.5. The number of nitrogens with zero attached hydrogens (tertiary/aromatic N) is 4. The first-order valence-electron chi connectivity index (χ1n) is 14.7. The van der Waals surface area contributed by atoms with Gasteiger partial charge in [-0.25, -0.2) is 4.79 Å². The molecule has 0 spiro atoms. The molecule has 43 heavy (non-hydrogen) atoms. The van der Waals surface area contributed by atoms with Crippen molar-refractivity contribution in [2.45, 2.75) is 45.7 Å². The molecule has 4 heterocycles. The van der Waals surface area contributed by atoms with Crippen molar-refractivity contribution in [2.75, 3.05) is 30.0 Å². The number of esters is 1. The van der Waals surface area contributed by atoms with Gasteiger partial charge in [-0.2, -0.15) is 0 Å². The second kappa shape index (κ2) is 12.0. The molecule has 0 radical (unpaired) electrons. The number of pyridine rings is 1. The monoisotopic (exact) mass is 613 g/mol. The molecule has 0 saturated carbocycles. The summed E-state index contributed by atoms with van der Waals surface area (Å²) < 4.78 is 7.22. The molecule has 0 bridgehead atoms. The Morgan fingerprint density at radius 2 is 1.77 bits per heavy atom. The molecule has 9 heteroatoms. The van der Waals surface area contributed by atoms with E-state index >= 15 is 0 Å². The predicted octanol–water partition coefficient (Wildman–Crippen LogP) is 7.34. The summed E-state index contributed by atoms with van der Waals surface area (Å²) in [6, 6.07) is 21.5. The number of hydrogen-bond donors (Lipinski definition) is 1. The summed E-state index contributed by atoms with van der Waals surface area (Å²) >= 11 is 13.0. The molecule has 2 saturated heterocycles. The Kier molecular flexibility index (Phi) is 8.16. The van der Waals surface area contributed by atoms with E-state index in [0.29, 0.717) is 15.7 Å². The van der Waals surface area contributed by atoms with Crippen LogP contribution in [0, 0.1) is 19.8 Å². The van der Waals surface area contributed by atoms with E-state index in [0.717, 1.165) is 58.7 Å². The van der Waals surface area contributed by atoms with Crippen LogP contribution < -0.4 is 15.1 Å². The van der Waals surface area contributed by atoms with E-state index in [1.54, 1.807) is 12.3 Å². The third-order valence-corrected chi connectivity index (χ3v) is 9.39. The lowest BCUT2D eigenvalue weighted by Crippen LogP contribution is -2.33. The van der Waals surface area contributed by atoms with E-state index in [9.17, 15) is 4.79 Å². The van der Waals surface area contributed by atoms with Gasteiger partial charge in [0, 0.05) is 36.4 Å². The Morgan fingerprint density at radius 1 is 1.02 bits per heavy atom. The number of hydrogen-bond acceptors (Lipinski definition) is 5. The van der Waals surface area contributed by atoms with Crippen molar-refractivity contribution < 1.29 is 9.53 Å². The molecule has 2 aliphatic rings. The van der Waals surface area contributed by atoms with Crippen LogP contribution in [0.3, 0.4) is 0 Å². The molecule has 4 aromatic rings. The van der Waals surface area contributed by atoms with Crippen molar-refractivity contribution in [2.24, 2.45) is 5.92 Å². The molecule has 2 atom stereocenters. The number of thiocarbonyl (C=S) groups is 1. The summed E-state index contributed by atoms with van der Waals surface area (Å²) in [6.07, 6.45) is 4.14. The van der Waals surface area contributed by atoms with Crippen LogP contribution >= 0.6 is 23.8 Å². The molecule has 7 nitrogen and oxygen atoms in total. The lowest BCUT2D eigenvalue weighted by Gasteiger charge is -2.33. The number of para-hydroxylation sites is 1. The number of carbonyl (C=O) groups excluding carboxylic acids is 1. The molecular weight excluding hydrogens is 578 g/mol. The van der Waals surface area contributed by atoms with Crippen LogP contribution in [-0.4, -0.2) is 40.8 Å². The Hall–Kier alpha value is -3.88. The van der Waals surface area contributed by atoms with Crippen LogP contribution in [0.4, 0.5) is 11.4 Å². The summed E-state index contributed by atoms with van der Waals surface area (Å²) in [5.41, 5.74) is 7.22. The van der Waals surface area contributed by atoms with E-state index in [2.05, 4.69) is 58.7 Å². The van der Waals surface area contributed by atoms with Crippen LogP contribution in [0.2, 0.25) is 5.02 Å². The normalized spacial score (nSPS) is 19.0. The van der Waals surface area contributed by atoms with Crippen molar-refractivity contribution in [3.8, 4) is 5.69 Å². The average molecular weight is 614 g/mol. The highest BCUT2D eigenvalue weighted by atomic mass is 35.5. The highest BCUT2D eigenvalue weighted by Crippen LogP contribution is 2.45. The zero-order valence-corrected chi connectivity index (χ0v) is 26.5. The Bertz CT molecular complexity index is 1660. The minimum atomic E-state index is -0.376. The lowest BCUT2D eigenvalue weighted by atomic mass is 9.96. The molecule has 2 fully saturated rings. The number of aryl methyl sites for hydroxylation is 1. The predicted molar refractivity (Wildman–Crippen MR) is 177 cm³/mol. The van der Waals surface area contributed by atoms with Gasteiger partial charge in [0.1, 0.15) is 0 Å². The summed E-state index contributed by atoms with van der Waals surface area (Å²) in [5.74, 6) is 0.365. The molecule has 6 rings (SSSR count). The smallest absolute Gasteiger partial charge is 0.339 e. The molecular formula is C34H36ClN5O2S. The maximum Gasteiger partial charge on any atom is 0.339 e. The Morgan fingerprint density at radius 3 is 2.47 bits per heavy atom. The van der Waals surface area contributed by atoms with E-state index in [1.165, 1.54) is 20.0 Å². The lowest BCUT2D eigenvalue weighted by molar-refractivity contribution is 0.0600. The second-order valence-electron chi connectivity index (χ2n) is 11.5. The van der Waals surface area contributed by atoms with Crippen LogP contribution in [0.15, 0.2) is 72.9 Å². The van der Waals surface area contributed by atoms with Gasteiger partial charge in [-0.05, 0) is 98.9 Å². The van der Waals surface area contributed by atoms with Crippen LogP contribution in [0.1, 0.15) is 64.9 Å². The Balaban J connectivity index is 1.46. The fraction of sp³-hybridized carbons (Fsp3) is 0.324. The van der Waals surface area contributed by atoms with E-state index in [4.69, 9.17) is 33.5 Å². The van der Waals surface area contributed by atoms with Gasteiger partial charge in [0.2, 0.25) is 0 Å². The second-order valence-corrected chi connectivity index (χ2v) is 12.3. The SMILES string of the molecule is COC(=O)c1ccccc1-n1c(C)cc([C@@H]2[C@@H](c3ccccn3)NC(=S)N2c2ccc(N3CCC(C)CC3)c(Cl)c2)c1C. The van der Waals surface area contributed by atoms with Gasteiger partial charge in [-0.15, -0.1) is 0 Å². The molecule has 2 aliphatic heterocycles. The number of anilines is 2. The number of piperidine rings is 1. The molecule has 2 aromatic carbocycles. The van der Waals surface area contributed by atoms with Crippen LogP contribution in [-0.2, 0) is 4.74 Å².